The van der Waals surface area contributed by atoms with Crippen LogP contribution in [-0.2, 0) is 47.4 Å². The van der Waals surface area contributed by atoms with E-state index in [1.165, 1.54) is 0 Å². The number of rotatable bonds is 12. The fourth-order valence-electron chi connectivity index (χ4n) is 4.22. The Labute approximate surface area is 202 Å². The zero-order valence-electron chi connectivity index (χ0n) is 20.9. The molecular formula is C24H42O10. The van der Waals surface area contributed by atoms with Crippen molar-refractivity contribution in [3.05, 3.63) is 0 Å². The molecule has 10 nitrogen and oxygen atoms in total. The third-order valence-corrected chi connectivity index (χ3v) is 6.05. The smallest absolute Gasteiger partial charge is 0.163 e. The van der Waals surface area contributed by atoms with Gasteiger partial charge < -0.3 is 47.4 Å². The molecule has 4 saturated heterocycles. The summed E-state index contributed by atoms with van der Waals surface area (Å²) in [7, 11) is 0. The molecule has 4 fully saturated rings. The van der Waals surface area contributed by atoms with Crippen molar-refractivity contribution in [1.82, 2.24) is 0 Å². The molecule has 0 aromatic heterocycles. The highest BCUT2D eigenvalue weighted by atomic mass is 16.8. The van der Waals surface area contributed by atoms with Gasteiger partial charge in [0.15, 0.2) is 25.2 Å². The summed E-state index contributed by atoms with van der Waals surface area (Å²) in [5.41, 5.74) is 0. The van der Waals surface area contributed by atoms with E-state index >= 15 is 0 Å². The fourth-order valence-corrected chi connectivity index (χ4v) is 4.22. The molecule has 0 amide bonds. The van der Waals surface area contributed by atoms with E-state index in [-0.39, 0.29) is 49.6 Å². The molecule has 0 aliphatic carbocycles. The van der Waals surface area contributed by atoms with Crippen LogP contribution in [0.2, 0.25) is 0 Å². The molecular weight excluding hydrogens is 448 g/mol. The molecule has 6 atom stereocenters. The molecule has 0 spiro atoms. The van der Waals surface area contributed by atoms with Gasteiger partial charge in [-0.15, -0.1) is 0 Å². The lowest BCUT2D eigenvalue weighted by Crippen LogP contribution is -2.40. The van der Waals surface area contributed by atoms with Crippen molar-refractivity contribution in [3.8, 4) is 0 Å². The fraction of sp³-hybridized carbons (Fsp3) is 1.00. The van der Waals surface area contributed by atoms with Crippen molar-refractivity contribution in [3.63, 3.8) is 0 Å². The van der Waals surface area contributed by atoms with Crippen LogP contribution in [0.1, 0.15) is 40.5 Å². The minimum absolute atomic E-state index is 0.0288. The third kappa shape index (κ3) is 8.33. The molecule has 0 aromatic carbocycles. The summed E-state index contributed by atoms with van der Waals surface area (Å²) in [4.78, 5) is 0. The van der Waals surface area contributed by atoms with Gasteiger partial charge in [0.2, 0.25) is 0 Å². The van der Waals surface area contributed by atoms with Gasteiger partial charge >= 0.3 is 0 Å². The summed E-state index contributed by atoms with van der Waals surface area (Å²) in [6, 6.07) is 0. The van der Waals surface area contributed by atoms with Crippen LogP contribution in [0.4, 0.5) is 0 Å². The van der Waals surface area contributed by atoms with Crippen LogP contribution in [0.15, 0.2) is 0 Å². The van der Waals surface area contributed by atoms with E-state index in [1.54, 1.807) is 0 Å². The van der Waals surface area contributed by atoms with Crippen molar-refractivity contribution >= 4 is 0 Å². The van der Waals surface area contributed by atoms with Gasteiger partial charge in [0.1, 0.15) is 24.4 Å². The largest absolute Gasteiger partial charge is 0.376 e. The second kappa shape index (κ2) is 13.2. The molecule has 0 bridgehead atoms. The Kier molecular flexibility index (Phi) is 10.4. The molecule has 10 heteroatoms. The van der Waals surface area contributed by atoms with E-state index in [9.17, 15) is 0 Å². The summed E-state index contributed by atoms with van der Waals surface area (Å²) < 4.78 is 57.9. The van der Waals surface area contributed by atoms with Crippen LogP contribution in [0, 0.1) is 11.8 Å². The highest BCUT2D eigenvalue weighted by Gasteiger charge is 2.34. The van der Waals surface area contributed by atoms with Crippen LogP contribution in [0.5, 0.6) is 0 Å². The number of hydrogen-bond acceptors (Lipinski definition) is 10. The standard InChI is InChI=1S/C24H42O10/c1-15(2)5-22-29-13-20(33-22)11-26-17-9-27-21(28-10-17)6-23-30-12-18(32-23)7-25-8-19-14-31-24(34-19)16(3)4/h15-24H,5-14H2,1-4H3. The molecule has 4 heterocycles. The van der Waals surface area contributed by atoms with Gasteiger partial charge in [-0.2, -0.15) is 0 Å². The Hall–Kier alpha value is -0.400. The summed E-state index contributed by atoms with van der Waals surface area (Å²) in [6.07, 6.45) is 0.108. The average Bonchev–Trinajstić information content (AvgIpc) is 3.55. The van der Waals surface area contributed by atoms with Crippen molar-refractivity contribution in [2.24, 2.45) is 11.8 Å². The van der Waals surface area contributed by atoms with Crippen LogP contribution >= 0.6 is 0 Å². The summed E-state index contributed by atoms with van der Waals surface area (Å²) in [6.45, 7) is 12.4. The number of ether oxygens (including phenoxy) is 10. The topological polar surface area (TPSA) is 92.3 Å². The van der Waals surface area contributed by atoms with Gasteiger partial charge in [-0.3, -0.25) is 0 Å². The lowest BCUT2D eigenvalue weighted by atomic mass is 10.1. The first-order chi connectivity index (χ1) is 16.4. The Morgan fingerprint density at radius 3 is 1.91 bits per heavy atom. The molecule has 0 saturated carbocycles. The first-order valence-corrected chi connectivity index (χ1v) is 12.7. The predicted molar refractivity (Wildman–Crippen MR) is 119 cm³/mol. The minimum atomic E-state index is -0.372. The molecule has 198 valence electrons. The first-order valence-electron chi connectivity index (χ1n) is 12.7. The van der Waals surface area contributed by atoms with Gasteiger partial charge in [0.05, 0.1) is 52.9 Å². The van der Waals surface area contributed by atoms with Gasteiger partial charge in [-0.05, 0) is 5.92 Å². The number of hydrogen-bond donors (Lipinski definition) is 0. The Morgan fingerprint density at radius 2 is 1.24 bits per heavy atom. The molecule has 0 N–H and O–H groups in total. The maximum absolute atomic E-state index is 5.93. The minimum Gasteiger partial charge on any atom is -0.376 e. The van der Waals surface area contributed by atoms with E-state index in [0.717, 1.165) is 6.42 Å². The maximum atomic E-state index is 5.93. The second-order valence-electron chi connectivity index (χ2n) is 10.2. The third-order valence-electron chi connectivity index (χ3n) is 6.05. The highest BCUT2D eigenvalue weighted by Crippen LogP contribution is 2.23. The van der Waals surface area contributed by atoms with E-state index in [1.807, 2.05) is 0 Å². The average molecular weight is 491 g/mol. The zero-order chi connectivity index (χ0) is 23.9. The van der Waals surface area contributed by atoms with E-state index in [4.69, 9.17) is 47.4 Å². The normalized spacial score (nSPS) is 39.0. The monoisotopic (exact) mass is 490 g/mol. The van der Waals surface area contributed by atoms with Crippen molar-refractivity contribution in [2.45, 2.75) is 90.1 Å². The molecule has 4 aliphatic rings. The maximum Gasteiger partial charge on any atom is 0.163 e. The van der Waals surface area contributed by atoms with Crippen molar-refractivity contribution in [1.29, 1.82) is 0 Å². The molecule has 4 aliphatic heterocycles. The van der Waals surface area contributed by atoms with E-state index in [0.29, 0.717) is 71.1 Å². The molecule has 34 heavy (non-hydrogen) atoms. The summed E-state index contributed by atoms with van der Waals surface area (Å²) >= 11 is 0. The molecule has 0 radical (unpaired) electrons. The van der Waals surface area contributed by atoms with Crippen molar-refractivity contribution < 1.29 is 47.4 Å². The second-order valence-corrected chi connectivity index (χ2v) is 10.2. The van der Waals surface area contributed by atoms with Gasteiger partial charge in [-0.25, -0.2) is 0 Å². The lowest BCUT2D eigenvalue weighted by molar-refractivity contribution is -0.249. The Morgan fingerprint density at radius 1 is 0.647 bits per heavy atom. The van der Waals surface area contributed by atoms with Crippen molar-refractivity contribution in [2.75, 3.05) is 52.9 Å². The Balaban J connectivity index is 1.03. The van der Waals surface area contributed by atoms with Gasteiger partial charge in [0, 0.05) is 18.8 Å². The zero-order valence-corrected chi connectivity index (χ0v) is 20.9. The van der Waals surface area contributed by atoms with Gasteiger partial charge in [0.25, 0.3) is 0 Å². The highest BCUT2D eigenvalue weighted by molar-refractivity contribution is 4.72. The molecule has 0 aromatic rings. The quantitative estimate of drug-likeness (QED) is 0.405. The molecule has 4 rings (SSSR count). The van der Waals surface area contributed by atoms with Crippen LogP contribution in [0.3, 0.4) is 0 Å². The van der Waals surface area contributed by atoms with Crippen LogP contribution in [0.25, 0.3) is 0 Å². The van der Waals surface area contributed by atoms with E-state index in [2.05, 4.69) is 27.7 Å². The Bertz CT molecular complexity index is 582. The summed E-state index contributed by atoms with van der Waals surface area (Å²) in [5, 5.41) is 0. The van der Waals surface area contributed by atoms with E-state index < -0.39 is 0 Å². The molecule has 6 unspecified atom stereocenters. The van der Waals surface area contributed by atoms with Crippen LogP contribution in [-0.4, -0.2) is 102 Å². The van der Waals surface area contributed by atoms with Gasteiger partial charge in [-0.1, -0.05) is 27.7 Å². The first kappa shape index (κ1) is 26.7. The van der Waals surface area contributed by atoms with Crippen LogP contribution < -0.4 is 0 Å². The summed E-state index contributed by atoms with van der Waals surface area (Å²) in [5.74, 6) is 0.873. The lowest BCUT2D eigenvalue weighted by Gasteiger charge is -2.30. The SMILES string of the molecule is CC(C)CC1OCC(COC2COC(CC3OCC(COCC4COC(C(C)C)O4)O3)OC2)O1. The predicted octanol–water partition coefficient (Wildman–Crippen LogP) is 2.08.